The number of rotatable bonds is 7. The van der Waals surface area contributed by atoms with E-state index in [1.807, 2.05) is 6.92 Å². The first-order chi connectivity index (χ1) is 15.2. The Labute approximate surface area is 187 Å². The van der Waals surface area contributed by atoms with Crippen molar-refractivity contribution in [1.29, 1.82) is 0 Å². The third-order valence-corrected chi connectivity index (χ3v) is 8.76. The lowest BCUT2D eigenvalue weighted by molar-refractivity contribution is 0.354. The van der Waals surface area contributed by atoms with Gasteiger partial charge in [0.2, 0.25) is 31.8 Å². The summed E-state index contributed by atoms with van der Waals surface area (Å²) >= 11 is 0. The lowest BCUT2D eigenvalue weighted by Gasteiger charge is -2.15. The molecule has 4 rings (SSSR count). The predicted octanol–water partition coefficient (Wildman–Crippen LogP) is 2.87. The average molecular weight is 477 g/mol. The van der Waals surface area contributed by atoms with E-state index in [1.165, 1.54) is 28.6 Å². The number of hydrogen-bond donors (Lipinski definition) is 1. The van der Waals surface area contributed by atoms with E-state index < -0.39 is 26.1 Å². The molecule has 1 N–H and O–H groups in total. The smallest absolute Gasteiger partial charge is 0.244 e. The van der Waals surface area contributed by atoms with E-state index in [0.29, 0.717) is 18.7 Å². The molecule has 3 aromatic rings. The Bertz CT molecular complexity index is 1290. The number of nitrogens with one attached hydrogen (secondary N) is 1. The van der Waals surface area contributed by atoms with Gasteiger partial charge in [0.15, 0.2) is 0 Å². The van der Waals surface area contributed by atoms with Crippen LogP contribution in [0.3, 0.4) is 0 Å². The van der Waals surface area contributed by atoms with E-state index in [9.17, 15) is 16.8 Å². The van der Waals surface area contributed by atoms with Crippen LogP contribution in [0.5, 0.6) is 0 Å². The zero-order chi connectivity index (χ0) is 22.9. The summed E-state index contributed by atoms with van der Waals surface area (Å²) in [6.45, 7) is 4.55. The number of aromatic nitrogens is 2. The monoisotopic (exact) mass is 476 g/mol. The number of nitrogens with zero attached hydrogens (tertiary/aromatic N) is 3. The minimum absolute atomic E-state index is 0.101. The van der Waals surface area contributed by atoms with Gasteiger partial charge < -0.3 is 4.52 Å². The summed E-state index contributed by atoms with van der Waals surface area (Å²) in [6.07, 6.45) is 1.74. The summed E-state index contributed by atoms with van der Waals surface area (Å²) in [5, 5.41) is 3.91. The maximum absolute atomic E-state index is 12.7. The summed E-state index contributed by atoms with van der Waals surface area (Å²) in [7, 11) is -7.26. The normalized spacial score (nSPS) is 16.3. The van der Waals surface area contributed by atoms with Crippen LogP contribution in [0.25, 0.3) is 11.4 Å². The van der Waals surface area contributed by atoms with E-state index in [4.69, 9.17) is 4.52 Å². The molecule has 0 spiro atoms. The van der Waals surface area contributed by atoms with Crippen LogP contribution in [0.1, 0.15) is 37.3 Å². The number of aryl methyl sites for hydroxylation is 1. The van der Waals surface area contributed by atoms with Gasteiger partial charge in [0, 0.05) is 18.7 Å². The van der Waals surface area contributed by atoms with Gasteiger partial charge in [0.25, 0.3) is 0 Å². The first kappa shape index (κ1) is 22.6. The zero-order valence-corrected chi connectivity index (χ0v) is 19.4. The summed E-state index contributed by atoms with van der Waals surface area (Å²) in [6, 6.07) is 12.0. The van der Waals surface area contributed by atoms with Gasteiger partial charge in [-0.25, -0.2) is 16.8 Å². The van der Waals surface area contributed by atoms with Gasteiger partial charge in [-0.1, -0.05) is 22.9 Å². The van der Waals surface area contributed by atoms with Crippen molar-refractivity contribution in [2.75, 3.05) is 13.1 Å². The van der Waals surface area contributed by atoms with Gasteiger partial charge in [-0.15, -0.1) is 0 Å². The molecule has 9 nitrogen and oxygen atoms in total. The number of benzene rings is 2. The van der Waals surface area contributed by atoms with Crippen molar-refractivity contribution >= 4 is 20.0 Å². The lowest BCUT2D eigenvalue weighted by Crippen LogP contribution is -2.27. The molecule has 1 aliphatic rings. The summed E-state index contributed by atoms with van der Waals surface area (Å²) in [4.78, 5) is 4.63. The molecule has 0 aliphatic carbocycles. The topological polar surface area (TPSA) is 122 Å². The third kappa shape index (κ3) is 4.60. The highest BCUT2D eigenvalue weighted by Gasteiger charge is 2.27. The molecular formula is C21H24N4O5S2. The highest BCUT2D eigenvalue weighted by atomic mass is 32.2. The second-order valence-electron chi connectivity index (χ2n) is 7.75. The number of hydrogen-bond acceptors (Lipinski definition) is 7. The minimum atomic E-state index is -3.76. The van der Waals surface area contributed by atoms with Crippen LogP contribution in [0.15, 0.2) is 62.8 Å². The van der Waals surface area contributed by atoms with Gasteiger partial charge in [-0.3, -0.25) is 0 Å². The SMILES string of the molecule is Cc1ccc(S(=O)(=O)N[C@@H](C)c2nc(-c3ccc(S(=O)(=O)N4CCCC4)cc3)no2)cc1. The van der Waals surface area contributed by atoms with Crippen LogP contribution in [-0.4, -0.2) is 44.4 Å². The Balaban J connectivity index is 1.49. The fourth-order valence-electron chi connectivity index (χ4n) is 3.45. The standard InChI is InChI=1S/C21H24N4O5S2/c1-15-5-9-18(10-6-15)31(26,27)24-16(2)21-22-20(23-30-21)17-7-11-19(12-8-17)32(28,29)25-13-3-4-14-25/h5-12,16,24H,3-4,13-14H2,1-2H3/t16-/m0/s1. The van der Waals surface area contributed by atoms with Crippen molar-refractivity contribution < 1.29 is 21.4 Å². The van der Waals surface area contributed by atoms with Crippen molar-refractivity contribution in [3.63, 3.8) is 0 Å². The van der Waals surface area contributed by atoms with Crippen molar-refractivity contribution in [1.82, 2.24) is 19.2 Å². The molecule has 1 atom stereocenters. The molecule has 0 unspecified atom stereocenters. The van der Waals surface area contributed by atoms with Gasteiger partial charge in [0.05, 0.1) is 15.8 Å². The van der Waals surface area contributed by atoms with E-state index in [0.717, 1.165) is 18.4 Å². The molecule has 0 saturated carbocycles. The van der Waals surface area contributed by atoms with Crippen molar-refractivity contribution in [3.05, 3.63) is 60.0 Å². The molecule has 0 radical (unpaired) electrons. The Kier molecular flexibility index (Phi) is 6.17. The van der Waals surface area contributed by atoms with Crippen LogP contribution in [0.4, 0.5) is 0 Å². The van der Waals surface area contributed by atoms with E-state index in [1.54, 1.807) is 31.2 Å². The van der Waals surface area contributed by atoms with Gasteiger partial charge in [-0.2, -0.15) is 14.0 Å². The van der Waals surface area contributed by atoms with E-state index >= 15 is 0 Å². The molecule has 1 saturated heterocycles. The van der Waals surface area contributed by atoms with Gasteiger partial charge in [0.1, 0.15) is 0 Å². The maximum atomic E-state index is 12.7. The fourth-order valence-corrected chi connectivity index (χ4v) is 6.16. The summed E-state index contributed by atoms with van der Waals surface area (Å²) < 4.78 is 59.7. The first-order valence-electron chi connectivity index (χ1n) is 10.2. The fraction of sp³-hybridized carbons (Fsp3) is 0.333. The van der Waals surface area contributed by atoms with Crippen LogP contribution in [0, 0.1) is 6.92 Å². The zero-order valence-electron chi connectivity index (χ0n) is 17.7. The van der Waals surface area contributed by atoms with Crippen LogP contribution in [0.2, 0.25) is 0 Å². The molecule has 2 aromatic carbocycles. The largest absolute Gasteiger partial charge is 0.337 e. The first-order valence-corrected chi connectivity index (χ1v) is 13.1. The predicted molar refractivity (Wildman–Crippen MR) is 118 cm³/mol. The molecule has 1 aromatic heterocycles. The third-order valence-electron chi connectivity index (χ3n) is 5.29. The maximum Gasteiger partial charge on any atom is 0.244 e. The summed E-state index contributed by atoms with van der Waals surface area (Å²) in [5.41, 5.74) is 1.52. The molecule has 0 bridgehead atoms. The Morgan fingerprint density at radius 1 is 0.938 bits per heavy atom. The van der Waals surface area contributed by atoms with Crippen LogP contribution >= 0.6 is 0 Å². The molecule has 1 aliphatic heterocycles. The van der Waals surface area contributed by atoms with Gasteiger partial charge in [-0.05, 0) is 63.1 Å². The summed E-state index contributed by atoms with van der Waals surface area (Å²) in [5.74, 6) is 0.343. The molecule has 32 heavy (non-hydrogen) atoms. The molecule has 1 fully saturated rings. The van der Waals surface area contributed by atoms with Gasteiger partial charge >= 0.3 is 0 Å². The second-order valence-corrected chi connectivity index (χ2v) is 11.4. The minimum Gasteiger partial charge on any atom is -0.337 e. The molecule has 170 valence electrons. The highest BCUT2D eigenvalue weighted by molar-refractivity contribution is 7.89. The molecule has 11 heteroatoms. The van der Waals surface area contributed by atoms with E-state index in [-0.39, 0.29) is 21.5 Å². The van der Waals surface area contributed by atoms with Crippen molar-refractivity contribution in [3.8, 4) is 11.4 Å². The Hall–Kier alpha value is -2.60. The van der Waals surface area contributed by atoms with E-state index in [2.05, 4.69) is 14.9 Å². The Morgan fingerprint density at radius 3 is 2.16 bits per heavy atom. The Morgan fingerprint density at radius 2 is 1.53 bits per heavy atom. The quantitative estimate of drug-likeness (QED) is 0.556. The molecule has 2 heterocycles. The molecule has 0 amide bonds. The highest BCUT2D eigenvalue weighted by Crippen LogP contribution is 2.25. The van der Waals surface area contributed by atoms with Crippen molar-refractivity contribution in [2.45, 2.75) is 42.5 Å². The van der Waals surface area contributed by atoms with Crippen LogP contribution < -0.4 is 4.72 Å². The average Bonchev–Trinajstić information content (AvgIpc) is 3.47. The molecular weight excluding hydrogens is 452 g/mol. The number of sulfonamides is 2. The van der Waals surface area contributed by atoms with Crippen LogP contribution in [-0.2, 0) is 20.0 Å². The lowest BCUT2D eigenvalue weighted by atomic mass is 10.2. The second kappa shape index (κ2) is 8.74. The van der Waals surface area contributed by atoms with Crippen molar-refractivity contribution in [2.24, 2.45) is 0 Å².